The van der Waals surface area contributed by atoms with Gasteiger partial charge < -0.3 is 5.32 Å². The van der Waals surface area contributed by atoms with Crippen LogP contribution in [0.5, 0.6) is 0 Å². The molecule has 1 saturated heterocycles. The Hall–Kier alpha value is -1.31. The van der Waals surface area contributed by atoms with Crippen LogP contribution in [0.4, 0.5) is 0 Å². The summed E-state index contributed by atoms with van der Waals surface area (Å²) in [6, 6.07) is 0.207. The van der Waals surface area contributed by atoms with Gasteiger partial charge in [-0.2, -0.15) is 0 Å². The van der Waals surface area contributed by atoms with Crippen LogP contribution in [0.25, 0.3) is 0 Å². The summed E-state index contributed by atoms with van der Waals surface area (Å²) in [6.07, 6.45) is 12.3. The monoisotopic (exact) mass is 175 g/mol. The van der Waals surface area contributed by atoms with Gasteiger partial charge in [-0.15, -0.1) is 0 Å². The molecule has 0 aromatic rings. The van der Waals surface area contributed by atoms with E-state index in [0.717, 1.165) is 0 Å². The minimum Gasteiger partial charge on any atom is -0.348 e. The number of β-lactam (4-membered cyclic amide) rings is 1. The zero-order chi connectivity index (χ0) is 9.26. The molecule has 1 heterocycles. The van der Waals surface area contributed by atoms with E-state index in [4.69, 9.17) is 0 Å². The molecule has 1 aliphatic heterocycles. The molecule has 1 amide bonds. The molecular weight excluding hydrogens is 162 g/mol. The zero-order valence-electron chi connectivity index (χ0n) is 7.60. The van der Waals surface area contributed by atoms with Crippen LogP contribution < -0.4 is 5.32 Å². The Balaban J connectivity index is 2.19. The lowest BCUT2D eigenvalue weighted by atomic mass is 9.89. The Bertz CT molecular complexity index is 301. The summed E-state index contributed by atoms with van der Waals surface area (Å²) < 4.78 is 0. The summed E-state index contributed by atoms with van der Waals surface area (Å²) in [7, 11) is 0. The number of carbonyl (C=O) groups excluding carboxylic acids is 1. The summed E-state index contributed by atoms with van der Waals surface area (Å²) in [6.45, 7) is 2.11. The third kappa shape index (κ3) is 1.57. The average molecular weight is 175 g/mol. The highest BCUT2D eigenvalue weighted by Gasteiger charge is 2.35. The van der Waals surface area contributed by atoms with E-state index >= 15 is 0 Å². The van der Waals surface area contributed by atoms with Crippen molar-refractivity contribution in [1.82, 2.24) is 5.32 Å². The van der Waals surface area contributed by atoms with E-state index in [1.54, 1.807) is 0 Å². The Morgan fingerprint density at radius 1 is 1.15 bits per heavy atom. The predicted molar refractivity (Wildman–Crippen MR) is 52.0 cm³/mol. The molecular formula is C11H13NO. The van der Waals surface area contributed by atoms with Crippen molar-refractivity contribution in [3.8, 4) is 0 Å². The molecule has 13 heavy (non-hydrogen) atoms. The van der Waals surface area contributed by atoms with Crippen molar-refractivity contribution in [3.63, 3.8) is 0 Å². The van der Waals surface area contributed by atoms with Gasteiger partial charge in [-0.1, -0.05) is 43.4 Å². The largest absolute Gasteiger partial charge is 0.348 e. The number of rotatable bonds is 0. The van der Waals surface area contributed by atoms with Crippen LogP contribution in [-0.4, -0.2) is 11.9 Å². The van der Waals surface area contributed by atoms with Crippen molar-refractivity contribution in [3.05, 3.63) is 36.5 Å². The molecule has 2 rings (SSSR count). The molecule has 1 N–H and O–H groups in total. The lowest BCUT2D eigenvalue weighted by Gasteiger charge is -2.32. The molecule has 0 aromatic heterocycles. The third-order valence-electron chi connectivity index (χ3n) is 2.46. The Morgan fingerprint density at radius 2 is 1.92 bits per heavy atom. The minimum atomic E-state index is 0.0543. The normalized spacial score (nSPS) is 44.1. The SMILES string of the molecule is CC1/C=C\C=C/C2NC(=O)[C@@H]2/C=C\1. The smallest absolute Gasteiger partial charge is 0.229 e. The van der Waals surface area contributed by atoms with E-state index in [2.05, 4.69) is 24.4 Å². The first-order valence-corrected chi connectivity index (χ1v) is 4.61. The maximum Gasteiger partial charge on any atom is 0.229 e. The summed E-state index contributed by atoms with van der Waals surface area (Å²) in [5, 5.41) is 2.84. The highest BCUT2D eigenvalue weighted by Crippen LogP contribution is 2.20. The number of allylic oxidation sites excluding steroid dienone is 4. The van der Waals surface area contributed by atoms with Gasteiger partial charge in [0, 0.05) is 0 Å². The van der Waals surface area contributed by atoms with Gasteiger partial charge in [-0.3, -0.25) is 4.79 Å². The highest BCUT2D eigenvalue weighted by atomic mass is 16.2. The summed E-state index contributed by atoms with van der Waals surface area (Å²) in [4.78, 5) is 11.1. The van der Waals surface area contributed by atoms with Gasteiger partial charge in [-0.25, -0.2) is 0 Å². The van der Waals surface area contributed by atoms with Crippen molar-refractivity contribution in [1.29, 1.82) is 0 Å². The fraction of sp³-hybridized carbons (Fsp3) is 0.364. The molecule has 2 nitrogen and oxygen atoms in total. The number of nitrogens with one attached hydrogen (secondary N) is 1. The van der Waals surface area contributed by atoms with Gasteiger partial charge in [0.15, 0.2) is 0 Å². The Labute approximate surface area is 78.0 Å². The van der Waals surface area contributed by atoms with Crippen LogP contribution >= 0.6 is 0 Å². The molecule has 3 atom stereocenters. The molecule has 2 heteroatoms. The highest BCUT2D eigenvalue weighted by molar-refractivity contribution is 5.88. The summed E-state index contributed by atoms with van der Waals surface area (Å²) >= 11 is 0. The molecule has 2 unspecified atom stereocenters. The number of hydrogen-bond acceptors (Lipinski definition) is 1. The van der Waals surface area contributed by atoms with E-state index in [-0.39, 0.29) is 17.9 Å². The number of hydrogen-bond donors (Lipinski definition) is 1. The van der Waals surface area contributed by atoms with Crippen molar-refractivity contribution in [2.45, 2.75) is 13.0 Å². The van der Waals surface area contributed by atoms with E-state index in [1.165, 1.54) is 0 Å². The van der Waals surface area contributed by atoms with Crippen LogP contribution in [0, 0.1) is 11.8 Å². The second-order valence-electron chi connectivity index (χ2n) is 3.57. The molecule has 0 bridgehead atoms. The first-order chi connectivity index (χ1) is 6.27. The molecule has 68 valence electrons. The fourth-order valence-corrected chi connectivity index (χ4v) is 1.57. The second kappa shape index (κ2) is 3.21. The van der Waals surface area contributed by atoms with Gasteiger partial charge >= 0.3 is 0 Å². The quantitative estimate of drug-likeness (QED) is 0.438. The van der Waals surface area contributed by atoms with E-state index < -0.39 is 0 Å². The first kappa shape index (κ1) is 8.30. The zero-order valence-corrected chi connectivity index (χ0v) is 7.60. The fourth-order valence-electron chi connectivity index (χ4n) is 1.57. The first-order valence-electron chi connectivity index (χ1n) is 4.61. The Kier molecular flexibility index (Phi) is 2.05. The van der Waals surface area contributed by atoms with Gasteiger partial charge in [0.25, 0.3) is 0 Å². The summed E-state index contributed by atoms with van der Waals surface area (Å²) in [5.41, 5.74) is 0. The maximum atomic E-state index is 11.1. The predicted octanol–water partition coefficient (Wildman–Crippen LogP) is 1.42. The second-order valence-corrected chi connectivity index (χ2v) is 3.57. The number of amides is 1. The van der Waals surface area contributed by atoms with E-state index in [0.29, 0.717) is 5.92 Å². The van der Waals surface area contributed by atoms with Crippen molar-refractivity contribution in [2.75, 3.05) is 0 Å². The van der Waals surface area contributed by atoms with Crippen LogP contribution in [0.2, 0.25) is 0 Å². The van der Waals surface area contributed by atoms with Gasteiger partial charge in [0.2, 0.25) is 5.91 Å². The van der Waals surface area contributed by atoms with Crippen molar-refractivity contribution >= 4 is 5.91 Å². The van der Waals surface area contributed by atoms with Crippen LogP contribution in [0.15, 0.2) is 36.5 Å². The molecule has 0 aromatic carbocycles. The standard InChI is InChI=1S/C11H13NO/c1-8-4-2-3-5-10-9(7-6-8)11(13)12-10/h2-10H,1H3,(H,12,13)/b4-2-,5-3-,7-6-/t8?,9-,10?/m1/s1. The average Bonchev–Trinajstić information content (AvgIpc) is 2.15. The lowest BCUT2D eigenvalue weighted by molar-refractivity contribution is -0.131. The van der Waals surface area contributed by atoms with Gasteiger partial charge in [0.1, 0.15) is 0 Å². The van der Waals surface area contributed by atoms with E-state index in [1.807, 2.05) is 24.3 Å². The number of fused-ring (bicyclic) bond motifs is 1. The van der Waals surface area contributed by atoms with Gasteiger partial charge in [-0.05, 0) is 5.92 Å². The van der Waals surface area contributed by atoms with Crippen LogP contribution in [0.3, 0.4) is 0 Å². The minimum absolute atomic E-state index is 0.0543. The van der Waals surface area contributed by atoms with Crippen molar-refractivity contribution < 1.29 is 4.79 Å². The third-order valence-corrected chi connectivity index (χ3v) is 2.46. The van der Waals surface area contributed by atoms with Gasteiger partial charge in [0.05, 0.1) is 12.0 Å². The number of carbonyl (C=O) groups is 1. The molecule has 2 aliphatic rings. The molecule has 0 radical (unpaired) electrons. The molecule has 1 fully saturated rings. The van der Waals surface area contributed by atoms with Crippen molar-refractivity contribution in [2.24, 2.45) is 11.8 Å². The molecule has 1 aliphatic carbocycles. The maximum absolute atomic E-state index is 11.1. The van der Waals surface area contributed by atoms with Crippen LogP contribution in [0.1, 0.15) is 6.92 Å². The Morgan fingerprint density at radius 3 is 2.69 bits per heavy atom. The summed E-state index contributed by atoms with van der Waals surface area (Å²) in [5.74, 6) is 0.607. The molecule has 0 spiro atoms. The lowest BCUT2D eigenvalue weighted by Crippen LogP contribution is -2.56. The van der Waals surface area contributed by atoms with Crippen LogP contribution in [-0.2, 0) is 4.79 Å². The topological polar surface area (TPSA) is 29.1 Å². The molecule has 0 saturated carbocycles. The van der Waals surface area contributed by atoms with E-state index in [9.17, 15) is 4.79 Å².